The van der Waals surface area contributed by atoms with Crippen LogP contribution in [-0.4, -0.2) is 11.1 Å². The van der Waals surface area contributed by atoms with Gasteiger partial charge >= 0.3 is 5.97 Å². The Bertz CT molecular complexity index is 296. The molecule has 0 heterocycles. The van der Waals surface area contributed by atoms with Gasteiger partial charge in [0.1, 0.15) is 17.6 Å². The number of halogens is 2. The molecule has 5 heteroatoms. The van der Waals surface area contributed by atoms with Crippen molar-refractivity contribution < 1.29 is 14.2 Å². The molecule has 0 saturated carbocycles. The predicted molar refractivity (Wildman–Crippen MR) is 60.4 cm³/mol. The van der Waals surface area contributed by atoms with Crippen LogP contribution in [0, 0.1) is 5.92 Å². The number of hydrogen-bond acceptors (Lipinski definition) is 2. The molecule has 3 nitrogen and oxygen atoms in total. The van der Waals surface area contributed by atoms with Crippen LogP contribution in [0.2, 0.25) is 5.02 Å². The summed E-state index contributed by atoms with van der Waals surface area (Å²) in [5.74, 6) is -0.374. The molecule has 0 atom stereocenters. The average molecular weight is 251 g/mol. The highest BCUT2D eigenvalue weighted by Gasteiger charge is 1.99. The van der Waals surface area contributed by atoms with Crippen LogP contribution in [0.5, 0.6) is 5.75 Å². The van der Waals surface area contributed by atoms with Gasteiger partial charge in [-0.2, -0.15) is 0 Å². The van der Waals surface area contributed by atoms with E-state index < -0.39 is 5.97 Å². The quantitative estimate of drug-likeness (QED) is 0.873. The SMILES string of the molecule is CC(C)C(=O)O.ClOc1ccc(Cl)cc1. The molecule has 0 saturated heterocycles. The van der Waals surface area contributed by atoms with Gasteiger partial charge in [0.15, 0.2) is 0 Å². The van der Waals surface area contributed by atoms with Gasteiger partial charge in [-0.25, -0.2) is 0 Å². The number of hydrogen-bond donors (Lipinski definition) is 1. The van der Waals surface area contributed by atoms with E-state index in [0.29, 0.717) is 10.8 Å². The molecular weight excluding hydrogens is 239 g/mol. The van der Waals surface area contributed by atoms with Crippen molar-refractivity contribution in [2.75, 3.05) is 0 Å². The highest BCUT2D eigenvalue weighted by atomic mass is 35.5. The second-order valence-corrected chi connectivity index (χ2v) is 3.61. The summed E-state index contributed by atoms with van der Waals surface area (Å²) < 4.78 is 4.38. The molecule has 0 spiro atoms. The molecule has 1 rings (SSSR count). The van der Waals surface area contributed by atoms with Crippen LogP contribution in [0.1, 0.15) is 13.8 Å². The van der Waals surface area contributed by atoms with Crippen molar-refractivity contribution in [2.24, 2.45) is 5.92 Å². The van der Waals surface area contributed by atoms with Gasteiger partial charge in [0.25, 0.3) is 0 Å². The Morgan fingerprint density at radius 1 is 1.33 bits per heavy atom. The first-order valence-electron chi connectivity index (χ1n) is 4.24. The second-order valence-electron chi connectivity index (χ2n) is 3.02. The predicted octanol–water partition coefficient (Wildman–Crippen LogP) is 3.60. The third kappa shape index (κ3) is 7.05. The van der Waals surface area contributed by atoms with Gasteiger partial charge in [-0.3, -0.25) is 4.79 Å². The first-order chi connectivity index (χ1) is 6.97. The molecule has 1 N–H and O–H groups in total. The fourth-order valence-corrected chi connectivity index (χ4v) is 0.715. The fraction of sp³-hybridized carbons (Fsp3) is 0.300. The summed E-state index contributed by atoms with van der Waals surface area (Å²) in [7, 11) is 0. The van der Waals surface area contributed by atoms with Crippen molar-refractivity contribution in [1.29, 1.82) is 0 Å². The third-order valence-electron chi connectivity index (χ3n) is 1.40. The molecule has 15 heavy (non-hydrogen) atoms. The standard InChI is InChI=1S/C6H4Cl2O.C4H8O2/c7-5-1-3-6(9-8)4-2-5;1-3(2)4(5)6/h1-4H;3H,1-2H3,(H,5,6). The van der Waals surface area contributed by atoms with Crippen molar-refractivity contribution in [3.63, 3.8) is 0 Å². The Labute approximate surface area is 98.7 Å². The summed E-state index contributed by atoms with van der Waals surface area (Å²) in [6.07, 6.45) is 0. The summed E-state index contributed by atoms with van der Waals surface area (Å²) in [5.41, 5.74) is 0. The van der Waals surface area contributed by atoms with Gasteiger partial charge in [-0.05, 0) is 24.3 Å². The molecule has 84 valence electrons. The zero-order valence-electron chi connectivity index (χ0n) is 8.41. The zero-order valence-corrected chi connectivity index (χ0v) is 9.92. The molecule has 1 aromatic carbocycles. The molecule has 0 aromatic heterocycles. The van der Waals surface area contributed by atoms with E-state index in [1.165, 1.54) is 0 Å². The molecule has 0 amide bonds. The van der Waals surface area contributed by atoms with Gasteiger partial charge in [0.2, 0.25) is 0 Å². The third-order valence-corrected chi connectivity index (χ3v) is 1.83. The number of benzene rings is 1. The summed E-state index contributed by atoms with van der Waals surface area (Å²) in [4.78, 5) is 9.70. The Morgan fingerprint density at radius 2 is 1.73 bits per heavy atom. The van der Waals surface area contributed by atoms with Crippen LogP contribution >= 0.6 is 23.5 Å². The first-order valence-corrected chi connectivity index (χ1v) is 4.93. The molecule has 0 aliphatic carbocycles. The highest BCUT2D eigenvalue weighted by molar-refractivity contribution is 6.30. The van der Waals surface area contributed by atoms with Gasteiger partial charge in [0.05, 0.1) is 5.92 Å². The van der Waals surface area contributed by atoms with Crippen LogP contribution in [-0.2, 0) is 4.79 Å². The van der Waals surface area contributed by atoms with Crippen molar-refractivity contribution in [3.05, 3.63) is 29.3 Å². The maximum Gasteiger partial charge on any atom is 0.305 e. The van der Waals surface area contributed by atoms with Crippen LogP contribution in [0.4, 0.5) is 0 Å². The van der Waals surface area contributed by atoms with Crippen LogP contribution in [0.3, 0.4) is 0 Å². The smallest absolute Gasteiger partial charge is 0.305 e. The molecule has 0 aliphatic rings. The molecule has 1 aromatic rings. The fourth-order valence-electron chi connectivity index (χ4n) is 0.486. The minimum atomic E-state index is -0.741. The molecule has 0 radical (unpaired) electrons. The van der Waals surface area contributed by atoms with Gasteiger partial charge < -0.3 is 9.40 Å². The average Bonchev–Trinajstić information content (AvgIpc) is 2.20. The maximum absolute atomic E-state index is 9.70. The van der Waals surface area contributed by atoms with E-state index in [2.05, 4.69) is 4.29 Å². The van der Waals surface area contributed by atoms with Crippen LogP contribution in [0.25, 0.3) is 0 Å². The van der Waals surface area contributed by atoms with Crippen molar-refractivity contribution in [3.8, 4) is 5.75 Å². The van der Waals surface area contributed by atoms with Crippen LogP contribution in [0.15, 0.2) is 24.3 Å². The Kier molecular flexibility index (Phi) is 6.92. The summed E-state index contributed by atoms with van der Waals surface area (Å²) >= 11 is 10.6. The van der Waals surface area contributed by atoms with E-state index >= 15 is 0 Å². The lowest BCUT2D eigenvalue weighted by Crippen LogP contribution is -2.03. The largest absolute Gasteiger partial charge is 0.481 e. The molecule has 0 fully saturated rings. The monoisotopic (exact) mass is 250 g/mol. The zero-order chi connectivity index (χ0) is 11.8. The van der Waals surface area contributed by atoms with E-state index in [-0.39, 0.29) is 5.92 Å². The maximum atomic E-state index is 9.70. The summed E-state index contributed by atoms with van der Waals surface area (Å²) in [6, 6.07) is 6.79. The van der Waals surface area contributed by atoms with E-state index in [4.69, 9.17) is 28.6 Å². The number of carboxylic acid groups (broad SMARTS) is 1. The molecular formula is C10H12Cl2O3. The second kappa shape index (κ2) is 7.37. The minimum Gasteiger partial charge on any atom is -0.481 e. The molecule has 0 aliphatic heterocycles. The molecule has 0 unspecified atom stereocenters. The lowest BCUT2D eigenvalue weighted by molar-refractivity contribution is -0.140. The molecule has 0 bridgehead atoms. The lowest BCUT2D eigenvalue weighted by Gasteiger charge is -1.92. The van der Waals surface area contributed by atoms with E-state index in [1.54, 1.807) is 38.1 Å². The Morgan fingerprint density at radius 3 is 2.00 bits per heavy atom. The van der Waals surface area contributed by atoms with E-state index in [0.717, 1.165) is 0 Å². The highest BCUT2D eigenvalue weighted by Crippen LogP contribution is 2.15. The topological polar surface area (TPSA) is 46.5 Å². The van der Waals surface area contributed by atoms with Gasteiger partial charge in [-0.1, -0.05) is 25.4 Å². The van der Waals surface area contributed by atoms with E-state index in [9.17, 15) is 4.79 Å². The van der Waals surface area contributed by atoms with Crippen molar-refractivity contribution >= 4 is 29.4 Å². The lowest BCUT2D eigenvalue weighted by atomic mass is 10.2. The number of rotatable bonds is 2. The summed E-state index contributed by atoms with van der Waals surface area (Å²) in [6.45, 7) is 3.28. The van der Waals surface area contributed by atoms with Crippen molar-refractivity contribution in [1.82, 2.24) is 0 Å². The van der Waals surface area contributed by atoms with Crippen LogP contribution < -0.4 is 4.29 Å². The summed E-state index contributed by atoms with van der Waals surface area (Å²) in [5, 5.41) is 8.66. The van der Waals surface area contributed by atoms with E-state index in [1.807, 2.05) is 0 Å². The Balaban J connectivity index is 0.000000288. The van der Waals surface area contributed by atoms with Crippen molar-refractivity contribution in [2.45, 2.75) is 13.8 Å². The number of carboxylic acids is 1. The van der Waals surface area contributed by atoms with Gasteiger partial charge in [-0.15, -0.1) is 0 Å². The first kappa shape index (κ1) is 14.1. The minimum absolute atomic E-state index is 0.231. The normalized spacial score (nSPS) is 9.13. The number of aliphatic carboxylic acids is 1. The number of carbonyl (C=O) groups is 1. The van der Waals surface area contributed by atoms with Gasteiger partial charge in [0, 0.05) is 5.02 Å². The Hall–Kier alpha value is -0.930.